The molecule has 0 heterocycles. The van der Waals surface area contributed by atoms with E-state index in [1.165, 1.54) is 12.1 Å². The van der Waals surface area contributed by atoms with Crippen LogP contribution in [-0.2, 0) is 16.6 Å². The van der Waals surface area contributed by atoms with Gasteiger partial charge in [0.25, 0.3) is 15.9 Å². The molecule has 3 rings (SSSR count). The number of sulfonamides is 1. The Morgan fingerprint density at radius 1 is 0.839 bits per heavy atom. The van der Waals surface area contributed by atoms with Crippen LogP contribution in [0, 0.1) is 13.8 Å². The van der Waals surface area contributed by atoms with Crippen molar-refractivity contribution < 1.29 is 18.0 Å². The van der Waals surface area contributed by atoms with Gasteiger partial charge in [-0.05, 0) is 79.1 Å². The van der Waals surface area contributed by atoms with Gasteiger partial charge in [-0.15, -0.1) is 0 Å². The van der Waals surface area contributed by atoms with Crippen molar-refractivity contribution in [3.8, 4) is 0 Å². The Hall–Kier alpha value is -3.65. The average Bonchev–Trinajstić information content (AvgIpc) is 2.74. The van der Waals surface area contributed by atoms with Crippen LogP contribution in [0.15, 0.2) is 71.6 Å². The topological polar surface area (TPSA) is 118 Å². The Balaban J connectivity index is 1.63. The van der Waals surface area contributed by atoms with Crippen LogP contribution in [0.5, 0.6) is 0 Å². The fourth-order valence-electron chi connectivity index (χ4n) is 2.86. The molecule has 0 bridgehead atoms. The van der Waals surface area contributed by atoms with E-state index < -0.39 is 15.9 Å². The first-order valence-electron chi connectivity index (χ1n) is 9.53. The van der Waals surface area contributed by atoms with Crippen molar-refractivity contribution in [2.45, 2.75) is 25.3 Å². The lowest BCUT2D eigenvalue weighted by Gasteiger charge is -2.11. The molecule has 8 heteroatoms. The van der Waals surface area contributed by atoms with Gasteiger partial charge in [0.05, 0.1) is 4.90 Å². The van der Waals surface area contributed by atoms with Gasteiger partial charge in [0, 0.05) is 23.4 Å². The fourth-order valence-corrected chi connectivity index (χ4v) is 4.00. The van der Waals surface area contributed by atoms with E-state index in [2.05, 4.69) is 10.0 Å². The molecule has 3 aromatic rings. The molecule has 0 aliphatic carbocycles. The molecule has 160 valence electrons. The van der Waals surface area contributed by atoms with Gasteiger partial charge in [0.2, 0.25) is 5.91 Å². The molecule has 2 amide bonds. The Labute approximate surface area is 181 Å². The average molecular weight is 438 g/mol. The van der Waals surface area contributed by atoms with E-state index in [0.29, 0.717) is 16.8 Å². The SMILES string of the molecule is Cc1ccc(S(=O)(=O)Nc2ccc(C(=O)NCc3ccc(C(N)=O)cc3)cc2)cc1C. The number of hydrogen-bond donors (Lipinski definition) is 3. The van der Waals surface area contributed by atoms with E-state index in [1.54, 1.807) is 54.6 Å². The van der Waals surface area contributed by atoms with Gasteiger partial charge in [-0.2, -0.15) is 0 Å². The Bertz CT molecular complexity index is 1220. The molecule has 3 aromatic carbocycles. The van der Waals surface area contributed by atoms with Crippen LogP contribution in [0.2, 0.25) is 0 Å². The van der Waals surface area contributed by atoms with Crippen molar-refractivity contribution in [1.29, 1.82) is 0 Å². The summed E-state index contributed by atoms with van der Waals surface area (Å²) >= 11 is 0. The molecule has 0 aliphatic heterocycles. The summed E-state index contributed by atoms with van der Waals surface area (Å²) in [5, 5.41) is 2.78. The van der Waals surface area contributed by atoms with Crippen LogP contribution in [0.25, 0.3) is 0 Å². The van der Waals surface area contributed by atoms with Crippen molar-refractivity contribution in [3.05, 3.63) is 94.5 Å². The molecule has 0 saturated heterocycles. The zero-order chi connectivity index (χ0) is 22.6. The highest BCUT2D eigenvalue weighted by molar-refractivity contribution is 7.92. The molecule has 4 N–H and O–H groups in total. The number of hydrogen-bond acceptors (Lipinski definition) is 4. The number of primary amides is 1. The number of carbonyl (C=O) groups is 2. The Morgan fingerprint density at radius 3 is 2.03 bits per heavy atom. The summed E-state index contributed by atoms with van der Waals surface area (Å²) in [4.78, 5) is 23.6. The summed E-state index contributed by atoms with van der Waals surface area (Å²) < 4.78 is 27.7. The van der Waals surface area contributed by atoms with Gasteiger partial charge in [-0.25, -0.2) is 8.42 Å². The summed E-state index contributed by atoms with van der Waals surface area (Å²) in [6.45, 7) is 4.05. The first kappa shape index (κ1) is 22.0. The molecule has 0 atom stereocenters. The number of carbonyl (C=O) groups excluding carboxylic acids is 2. The summed E-state index contributed by atoms with van der Waals surface area (Å²) in [5.74, 6) is -0.814. The summed E-state index contributed by atoms with van der Waals surface area (Å²) in [6.07, 6.45) is 0. The number of rotatable bonds is 7. The quantitative estimate of drug-likeness (QED) is 0.526. The van der Waals surface area contributed by atoms with Crippen LogP contribution in [0.3, 0.4) is 0 Å². The van der Waals surface area contributed by atoms with Gasteiger partial charge in [0.1, 0.15) is 0 Å². The molecular formula is C23H23N3O4S. The maximum atomic E-state index is 12.6. The molecule has 0 aromatic heterocycles. The predicted molar refractivity (Wildman–Crippen MR) is 119 cm³/mol. The second-order valence-electron chi connectivity index (χ2n) is 7.17. The van der Waals surface area contributed by atoms with Crippen molar-refractivity contribution in [1.82, 2.24) is 5.32 Å². The van der Waals surface area contributed by atoms with E-state index in [9.17, 15) is 18.0 Å². The third-order valence-corrected chi connectivity index (χ3v) is 6.26. The van der Waals surface area contributed by atoms with Crippen molar-refractivity contribution >= 4 is 27.5 Å². The van der Waals surface area contributed by atoms with Crippen LogP contribution in [0.4, 0.5) is 5.69 Å². The molecule has 0 unspecified atom stereocenters. The van der Waals surface area contributed by atoms with E-state index in [1.807, 2.05) is 13.8 Å². The molecule has 0 aliphatic rings. The van der Waals surface area contributed by atoms with Gasteiger partial charge < -0.3 is 11.1 Å². The minimum atomic E-state index is -3.73. The third-order valence-electron chi connectivity index (χ3n) is 4.88. The van der Waals surface area contributed by atoms with Gasteiger partial charge in [-0.3, -0.25) is 14.3 Å². The van der Waals surface area contributed by atoms with Crippen molar-refractivity contribution in [2.24, 2.45) is 5.73 Å². The lowest BCUT2D eigenvalue weighted by molar-refractivity contribution is 0.0949. The first-order chi connectivity index (χ1) is 14.7. The minimum Gasteiger partial charge on any atom is -0.366 e. The summed E-state index contributed by atoms with van der Waals surface area (Å²) in [5.41, 5.74) is 9.07. The highest BCUT2D eigenvalue weighted by atomic mass is 32.2. The lowest BCUT2D eigenvalue weighted by atomic mass is 10.1. The molecule has 0 spiro atoms. The Kier molecular flexibility index (Phi) is 6.41. The molecule has 0 radical (unpaired) electrons. The standard InChI is InChI=1S/C23H23N3O4S/c1-15-3-12-21(13-16(15)2)31(29,30)26-20-10-8-19(9-11-20)23(28)25-14-17-4-6-18(7-5-17)22(24)27/h3-13,26H,14H2,1-2H3,(H2,24,27)(H,25,28). The van der Waals surface area contributed by atoms with Crippen LogP contribution in [-0.4, -0.2) is 20.2 Å². The zero-order valence-electron chi connectivity index (χ0n) is 17.2. The predicted octanol–water partition coefficient (Wildman–Crippen LogP) is 3.13. The smallest absolute Gasteiger partial charge is 0.261 e. The van der Waals surface area contributed by atoms with E-state index >= 15 is 0 Å². The van der Waals surface area contributed by atoms with Crippen LogP contribution in [0.1, 0.15) is 37.4 Å². The molecule has 0 fully saturated rings. The normalized spacial score (nSPS) is 11.0. The fraction of sp³-hybridized carbons (Fsp3) is 0.130. The zero-order valence-corrected chi connectivity index (χ0v) is 18.0. The molecule has 0 saturated carbocycles. The maximum Gasteiger partial charge on any atom is 0.261 e. The van der Waals surface area contributed by atoms with Crippen molar-refractivity contribution in [3.63, 3.8) is 0 Å². The summed E-state index contributed by atoms with van der Waals surface area (Å²) in [6, 6.07) is 17.7. The number of aryl methyl sites for hydroxylation is 2. The molecular weight excluding hydrogens is 414 g/mol. The largest absolute Gasteiger partial charge is 0.366 e. The first-order valence-corrected chi connectivity index (χ1v) is 11.0. The van der Waals surface area contributed by atoms with Gasteiger partial charge in [-0.1, -0.05) is 18.2 Å². The second kappa shape index (κ2) is 9.01. The van der Waals surface area contributed by atoms with E-state index in [0.717, 1.165) is 16.7 Å². The van der Waals surface area contributed by atoms with Crippen LogP contribution < -0.4 is 15.8 Å². The highest BCUT2D eigenvalue weighted by Gasteiger charge is 2.15. The van der Waals surface area contributed by atoms with E-state index in [4.69, 9.17) is 5.73 Å². The number of benzene rings is 3. The number of anilines is 1. The minimum absolute atomic E-state index is 0.180. The maximum absolute atomic E-state index is 12.6. The molecule has 31 heavy (non-hydrogen) atoms. The van der Waals surface area contributed by atoms with Gasteiger partial charge in [0.15, 0.2) is 0 Å². The second-order valence-corrected chi connectivity index (χ2v) is 8.86. The number of nitrogens with two attached hydrogens (primary N) is 1. The number of amides is 2. The summed E-state index contributed by atoms with van der Waals surface area (Å²) in [7, 11) is -3.73. The Morgan fingerprint density at radius 2 is 1.45 bits per heavy atom. The number of nitrogens with one attached hydrogen (secondary N) is 2. The lowest BCUT2D eigenvalue weighted by Crippen LogP contribution is -2.23. The molecule has 7 nitrogen and oxygen atoms in total. The monoisotopic (exact) mass is 437 g/mol. The van der Waals surface area contributed by atoms with Crippen molar-refractivity contribution in [2.75, 3.05) is 4.72 Å². The highest BCUT2D eigenvalue weighted by Crippen LogP contribution is 2.19. The van der Waals surface area contributed by atoms with Gasteiger partial charge >= 0.3 is 0 Å². The third kappa shape index (κ3) is 5.49. The van der Waals surface area contributed by atoms with E-state index in [-0.39, 0.29) is 17.3 Å². The van der Waals surface area contributed by atoms with Crippen LogP contribution >= 0.6 is 0 Å².